The molecule has 182 valence electrons. The van der Waals surface area contributed by atoms with Crippen LogP contribution in [-0.4, -0.2) is 43.1 Å². The zero-order valence-electron chi connectivity index (χ0n) is 20.2. The van der Waals surface area contributed by atoms with Crippen molar-refractivity contribution in [2.24, 2.45) is 7.05 Å². The predicted octanol–water partition coefficient (Wildman–Crippen LogP) is 6.04. The van der Waals surface area contributed by atoms with E-state index in [1.807, 2.05) is 43.7 Å². The Balaban J connectivity index is 1.41. The second-order valence-corrected chi connectivity index (χ2v) is 9.74. The Morgan fingerprint density at radius 3 is 2.75 bits per heavy atom. The SMILES string of the molecule is CC(Nc1nncc2ccc(-c3cnn(C)c3)cc12)c1cc(-c2ccccc2CN(C)C(=O)O)cs1. The van der Waals surface area contributed by atoms with Crippen molar-refractivity contribution in [3.63, 3.8) is 0 Å². The Morgan fingerprint density at radius 2 is 1.97 bits per heavy atom. The largest absolute Gasteiger partial charge is 0.465 e. The highest BCUT2D eigenvalue weighted by atomic mass is 32.1. The zero-order chi connectivity index (χ0) is 25.2. The number of hydrogen-bond acceptors (Lipinski definition) is 6. The maximum absolute atomic E-state index is 11.3. The molecule has 2 aromatic carbocycles. The summed E-state index contributed by atoms with van der Waals surface area (Å²) >= 11 is 1.66. The van der Waals surface area contributed by atoms with Crippen LogP contribution in [-0.2, 0) is 13.6 Å². The lowest BCUT2D eigenvalue weighted by Crippen LogP contribution is -2.24. The molecular weight excluding hydrogens is 472 g/mol. The van der Waals surface area contributed by atoms with E-state index >= 15 is 0 Å². The van der Waals surface area contributed by atoms with E-state index in [1.54, 1.807) is 29.3 Å². The van der Waals surface area contributed by atoms with Crippen LogP contribution in [0.2, 0.25) is 0 Å². The number of carbonyl (C=O) groups is 1. The van der Waals surface area contributed by atoms with E-state index in [1.165, 1.54) is 4.90 Å². The van der Waals surface area contributed by atoms with E-state index < -0.39 is 6.09 Å². The van der Waals surface area contributed by atoms with Gasteiger partial charge in [-0.15, -0.1) is 16.4 Å². The van der Waals surface area contributed by atoms with E-state index in [4.69, 9.17) is 0 Å². The number of rotatable bonds is 7. The van der Waals surface area contributed by atoms with Crippen LogP contribution in [0.5, 0.6) is 0 Å². The molecule has 0 fully saturated rings. The van der Waals surface area contributed by atoms with Crippen molar-refractivity contribution >= 4 is 34.0 Å². The fourth-order valence-corrected chi connectivity index (χ4v) is 5.11. The quantitative estimate of drug-likeness (QED) is 0.284. The van der Waals surface area contributed by atoms with Crippen molar-refractivity contribution < 1.29 is 9.90 Å². The number of carboxylic acid groups (broad SMARTS) is 1. The summed E-state index contributed by atoms with van der Waals surface area (Å²) in [5.74, 6) is 0.726. The van der Waals surface area contributed by atoms with Crippen molar-refractivity contribution in [3.05, 3.63) is 82.9 Å². The van der Waals surface area contributed by atoms with Crippen molar-refractivity contribution in [3.8, 4) is 22.3 Å². The Labute approximate surface area is 212 Å². The van der Waals surface area contributed by atoms with Gasteiger partial charge in [-0.2, -0.15) is 10.2 Å². The highest BCUT2D eigenvalue weighted by molar-refractivity contribution is 7.10. The lowest BCUT2D eigenvalue weighted by atomic mass is 10.0. The highest BCUT2D eigenvalue weighted by Crippen LogP contribution is 2.34. The second kappa shape index (κ2) is 9.79. The molecule has 0 aliphatic carbocycles. The number of nitrogens with zero attached hydrogens (tertiary/aromatic N) is 5. The number of nitrogens with one attached hydrogen (secondary N) is 1. The summed E-state index contributed by atoms with van der Waals surface area (Å²) in [6.45, 7) is 2.43. The number of aromatic nitrogens is 4. The zero-order valence-corrected chi connectivity index (χ0v) is 21.0. The van der Waals surface area contributed by atoms with Gasteiger partial charge in [0.1, 0.15) is 0 Å². The van der Waals surface area contributed by atoms with Gasteiger partial charge in [0.05, 0.1) is 18.4 Å². The van der Waals surface area contributed by atoms with E-state index in [9.17, 15) is 9.90 Å². The third-order valence-corrected chi connectivity index (χ3v) is 7.28. The fourth-order valence-electron chi connectivity index (χ4n) is 4.19. The van der Waals surface area contributed by atoms with E-state index in [0.29, 0.717) is 6.54 Å². The summed E-state index contributed by atoms with van der Waals surface area (Å²) in [5, 5.41) is 29.8. The summed E-state index contributed by atoms with van der Waals surface area (Å²) in [5.41, 5.74) is 5.19. The number of amides is 1. The first-order chi connectivity index (χ1) is 17.4. The molecule has 1 amide bonds. The summed E-state index contributed by atoms with van der Waals surface area (Å²) in [7, 11) is 3.48. The van der Waals surface area contributed by atoms with Gasteiger partial charge < -0.3 is 15.3 Å². The Hall–Kier alpha value is -4.24. The number of fused-ring (bicyclic) bond motifs is 1. The van der Waals surface area contributed by atoms with Gasteiger partial charge in [0.2, 0.25) is 0 Å². The smallest absolute Gasteiger partial charge is 0.407 e. The number of aryl methyl sites for hydroxylation is 1. The molecule has 5 rings (SSSR count). The molecule has 3 aromatic heterocycles. The molecule has 0 saturated heterocycles. The van der Waals surface area contributed by atoms with E-state index in [2.05, 4.69) is 57.2 Å². The summed E-state index contributed by atoms with van der Waals surface area (Å²) in [4.78, 5) is 13.8. The predicted molar refractivity (Wildman–Crippen MR) is 143 cm³/mol. The monoisotopic (exact) mass is 498 g/mol. The third kappa shape index (κ3) is 4.78. The fraction of sp³-hybridized carbons (Fsp3) is 0.185. The van der Waals surface area contributed by atoms with Crippen LogP contribution in [0.15, 0.2) is 72.5 Å². The Morgan fingerprint density at radius 1 is 1.14 bits per heavy atom. The molecule has 3 heterocycles. The molecule has 9 heteroatoms. The molecule has 1 unspecified atom stereocenters. The average Bonchev–Trinajstić information content (AvgIpc) is 3.54. The lowest BCUT2D eigenvalue weighted by molar-refractivity contribution is 0.154. The molecule has 8 nitrogen and oxygen atoms in total. The molecule has 1 atom stereocenters. The summed E-state index contributed by atoms with van der Waals surface area (Å²) in [6, 6.07) is 16.3. The molecule has 0 bridgehead atoms. The van der Waals surface area contributed by atoms with Crippen LogP contribution in [0.25, 0.3) is 33.0 Å². The van der Waals surface area contributed by atoms with Gasteiger partial charge in [-0.1, -0.05) is 36.4 Å². The molecule has 0 aliphatic heterocycles. The van der Waals surface area contributed by atoms with Crippen LogP contribution in [0.4, 0.5) is 10.6 Å². The van der Waals surface area contributed by atoms with Crippen LogP contribution < -0.4 is 5.32 Å². The van der Waals surface area contributed by atoms with Gasteiger partial charge in [0, 0.05) is 48.0 Å². The van der Waals surface area contributed by atoms with Crippen LogP contribution in [0.1, 0.15) is 23.4 Å². The first kappa shape index (κ1) is 23.5. The van der Waals surface area contributed by atoms with Gasteiger partial charge in [0.25, 0.3) is 0 Å². The molecule has 0 saturated carbocycles. The van der Waals surface area contributed by atoms with Gasteiger partial charge in [-0.25, -0.2) is 4.79 Å². The minimum atomic E-state index is -0.948. The molecule has 0 spiro atoms. The summed E-state index contributed by atoms with van der Waals surface area (Å²) in [6.07, 6.45) is 4.67. The third-order valence-electron chi connectivity index (χ3n) is 6.16. The number of benzene rings is 2. The topological polar surface area (TPSA) is 96.2 Å². The molecular formula is C27H26N6O2S. The summed E-state index contributed by atoms with van der Waals surface area (Å²) < 4.78 is 1.79. The number of thiophene rings is 1. The maximum atomic E-state index is 11.3. The molecule has 2 N–H and O–H groups in total. The normalized spacial score (nSPS) is 12.0. The maximum Gasteiger partial charge on any atom is 0.407 e. The van der Waals surface area contributed by atoms with Crippen molar-refractivity contribution in [2.45, 2.75) is 19.5 Å². The van der Waals surface area contributed by atoms with Crippen molar-refractivity contribution in [2.75, 3.05) is 12.4 Å². The molecule has 36 heavy (non-hydrogen) atoms. The van der Waals surface area contributed by atoms with Gasteiger partial charge in [-0.3, -0.25) is 4.68 Å². The van der Waals surface area contributed by atoms with Crippen molar-refractivity contribution in [1.82, 2.24) is 24.9 Å². The minimum Gasteiger partial charge on any atom is -0.465 e. The standard InChI is InChI=1S/C27H26N6O2S/c1-17(25-11-21(16-36-25)23-7-5-4-6-20(23)14-32(2)27(34)35)30-26-24-10-18(22-13-29-33(3)15-22)8-9-19(24)12-28-31-26/h4-13,15-17H,14H2,1-3H3,(H,30,31)(H,34,35). The molecule has 5 aromatic rings. The second-order valence-electron chi connectivity index (χ2n) is 8.80. The van der Waals surface area contributed by atoms with Gasteiger partial charge in [-0.05, 0) is 46.7 Å². The lowest BCUT2D eigenvalue weighted by Gasteiger charge is -2.16. The average molecular weight is 499 g/mol. The van der Waals surface area contributed by atoms with Crippen LogP contribution in [0.3, 0.4) is 0 Å². The Bertz CT molecular complexity index is 1540. The van der Waals surface area contributed by atoms with Gasteiger partial charge >= 0.3 is 6.09 Å². The van der Waals surface area contributed by atoms with Gasteiger partial charge in [0.15, 0.2) is 5.82 Å². The van der Waals surface area contributed by atoms with Crippen LogP contribution >= 0.6 is 11.3 Å². The minimum absolute atomic E-state index is 0.000413. The molecule has 0 aliphatic rings. The van der Waals surface area contributed by atoms with E-state index in [0.717, 1.165) is 49.3 Å². The first-order valence-electron chi connectivity index (χ1n) is 11.5. The van der Waals surface area contributed by atoms with Crippen LogP contribution in [0, 0.1) is 0 Å². The van der Waals surface area contributed by atoms with Crippen molar-refractivity contribution in [1.29, 1.82) is 0 Å². The first-order valence-corrected chi connectivity index (χ1v) is 12.4. The Kier molecular flexibility index (Phi) is 6.39. The number of anilines is 1. The van der Waals surface area contributed by atoms with E-state index in [-0.39, 0.29) is 6.04 Å². The molecule has 0 radical (unpaired) electrons. The number of hydrogen-bond donors (Lipinski definition) is 2. The highest BCUT2D eigenvalue weighted by Gasteiger charge is 2.16.